The summed E-state index contributed by atoms with van der Waals surface area (Å²) in [4.78, 5) is 2.36. The van der Waals surface area contributed by atoms with Crippen molar-refractivity contribution in [2.24, 2.45) is 27.5 Å². The highest BCUT2D eigenvalue weighted by Crippen LogP contribution is 2.22. The fourth-order valence-electron chi connectivity index (χ4n) is 4.44. The van der Waals surface area contributed by atoms with E-state index in [2.05, 4.69) is 76.4 Å². The zero-order valence-electron chi connectivity index (χ0n) is 26.5. The molecule has 1 aromatic heterocycles. The smallest absolute Gasteiger partial charge is 0.243 e. The monoisotopic (exact) mass is 651 g/mol. The Balaban J connectivity index is 0.000000762. The first-order valence-electron chi connectivity index (χ1n) is 14.8. The van der Waals surface area contributed by atoms with Crippen LogP contribution in [0.5, 0.6) is 0 Å². The molecule has 242 valence electrons. The van der Waals surface area contributed by atoms with Crippen LogP contribution in [0.25, 0.3) is 0 Å². The molecule has 0 unspecified atom stereocenters. The second-order valence-corrected chi connectivity index (χ2v) is 11.4. The van der Waals surface area contributed by atoms with Crippen LogP contribution in [0, 0.1) is 0 Å². The van der Waals surface area contributed by atoms with Crippen molar-refractivity contribution in [3.8, 4) is 0 Å². The minimum absolute atomic E-state index is 0.777. The molecule has 0 spiro atoms. The number of benzene rings is 4. The van der Waals surface area contributed by atoms with Crippen LogP contribution in [0.4, 0.5) is 17.1 Å². The van der Waals surface area contributed by atoms with Crippen molar-refractivity contribution in [2.45, 2.75) is 13.5 Å². The number of azo groups is 1. The fourth-order valence-corrected chi connectivity index (χ4v) is 4.44. The highest BCUT2D eigenvalue weighted by Gasteiger charge is 2.08. The Morgan fingerprint density at radius 2 is 1.40 bits per heavy atom. The minimum atomic E-state index is -4.41. The summed E-state index contributed by atoms with van der Waals surface area (Å²) in [6, 6.07) is 36.2. The predicted molar refractivity (Wildman–Crippen MR) is 183 cm³/mol. The Labute approximate surface area is 275 Å². The van der Waals surface area contributed by atoms with E-state index in [-0.39, 0.29) is 0 Å². The lowest BCUT2D eigenvalue weighted by Crippen LogP contribution is -2.28. The van der Waals surface area contributed by atoms with E-state index in [0.29, 0.717) is 0 Å². The second kappa shape index (κ2) is 17.4. The Morgan fingerprint density at radius 3 is 1.87 bits per heavy atom. The Morgan fingerprint density at radius 1 is 0.872 bits per heavy atom. The molecule has 5 rings (SSSR count). The second-order valence-electron chi connectivity index (χ2n) is 10.2. The van der Waals surface area contributed by atoms with Gasteiger partial charge in [0.15, 0.2) is 0 Å². The van der Waals surface area contributed by atoms with Crippen LogP contribution in [0.3, 0.4) is 0 Å². The summed E-state index contributed by atoms with van der Waals surface area (Å²) in [5, 5.41) is 17.8. The van der Waals surface area contributed by atoms with E-state index in [1.165, 1.54) is 5.69 Å². The molecule has 47 heavy (non-hydrogen) atoms. The summed E-state index contributed by atoms with van der Waals surface area (Å²) in [6.07, 6.45) is 8.00. The van der Waals surface area contributed by atoms with Gasteiger partial charge in [-0.1, -0.05) is 72.8 Å². The highest BCUT2D eigenvalue weighted by atomic mass is 32.3. The third kappa shape index (κ3) is 11.5. The van der Waals surface area contributed by atoms with Gasteiger partial charge in [0, 0.05) is 23.4 Å². The summed E-state index contributed by atoms with van der Waals surface area (Å²) in [7, 11) is -1.57. The van der Waals surface area contributed by atoms with E-state index in [1.54, 1.807) is 6.21 Å². The molecule has 0 bridgehead atoms. The summed E-state index contributed by atoms with van der Waals surface area (Å²) in [5.41, 5.74) is 6.58. The SMILES string of the molecule is CCN(CCn1cc[n+](C)c1)c1ccc(N=Nc2ccc(/C=N/N=C(c3ccccc3)c3ccccc3)cc2)cc1.COS(=O)(=O)[O-]. The molecule has 0 aliphatic heterocycles. The number of hydrogen-bond acceptors (Lipinski definition) is 9. The first-order chi connectivity index (χ1) is 22.7. The lowest BCUT2D eigenvalue weighted by molar-refractivity contribution is -0.671. The molecule has 0 atom stereocenters. The molecule has 0 radical (unpaired) electrons. The third-order valence-electron chi connectivity index (χ3n) is 6.89. The van der Waals surface area contributed by atoms with E-state index in [0.717, 1.165) is 60.5 Å². The van der Waals surface area contributed by atoms with Crippen molar-refractivity contribution in [3.05, 3.63) is 145 Å². The molecule has 0 aliphatic carbocycles. The van der Waals surface area contributed by atoms with Crippen molar-refractivity contribution in [1.82, 2.24) is 4.57 Å². The molecule has 1 heterocycles. The van der Waals surface area contributed by atoms with E-state index in [1.807, 2.05) is 104 Å². The van der Waals surface area contributed by atoms with Crippen LogP contribution in [-0.4, -0.2) is 49.7 Å². The van der Waals surface area contributed by atoms with Gasteiger partial charge in [-0.05, 0) is 48.9 Å². The zero-order chi connectivity index (χ0) is 33.5. The highest BCUT2D eigenvalue weighted by molar-refractivity contribution is 7.80. The third-order valence-corrected chi connectivity index (χ3v) is 7.29. The molecular weight excluding hydrogens is 614 g/mol. The number of anilines is 1. The standard InChI is InChI=1S/C34H34N7.CH4O4S/c1-3-41(25-24-40-23-22-39(2)27-40)33-20-18-32(19-21-33)37-36-31-16-14-28(15-17-31)26-35-38-34(29-10-6-4-7-11-29)30-12-8-5-9-13-30;1-5-6(2,3)4/h4-23,26-27H,3,24-25H2,1-2H3;1H3,(H,2,3,4)/q+1;/p-1/b35-26+,37-36?;. The number of rotatable bonds is 12. The molecule has 5 aromatic rings. The molecule has 0 amide bonds. The van der Waals surface area contributed by atoms with Crippen LogP contribution in [0.15, 0.2) is 148 Å². The molecule has 12 heteroatoms. The minimum Gasteiger partial charge on any atom is -0.726 e. The molecule has 0 N–H and O–H groups in total. The van der Waals surface area contributed by atoms with Gasteiger partial charge in [0.2, 0.25) is 16.7 Å². The number of aromatic nitrogens is 2. The van der Waals surface area contributed by atoms with Gasteiger partial charge in [-0.15, -0.1) is 5.10 Å². The number of nitrogens with zero attached hydrogens (tertiary/aromatic N) is 7. The first-order valence-corrected chi connectivity index (χ1v) is 16.2. The molecule has 11 nitrogen and oxygen atoms in total. The van der Waals surface area contributed by atoms with Gasteiger partial charge in [-0.3, -0.25) is 4.18 Å². The first kappa shape index (κ1) is 34.6. The Kier molecular flexibility index (Phi) is 12.8. The van der Waals surface area contributed by atoms with Gasteiger partial charge in [-0.2, -0.15) is 15.3 Å². The van der Waals surface area contributed by atoms with Crippen LogP contribution in [-0.2, 0) is 28.2 Å². The van der Waals surface area contributed by atoms with Crippen molar-refractivity contribution < 1.29 is 21.7 Å². The van der Waals surface area contributed by atoms with E-state index in [9.17, 15) is 13.0 Å². The van der Waals surface area contributed by atoms with Crippen molar-refractivity contribution >= 4 is 39.4 Å². The summed E-state index contributed by atoms with van der Waals surface area (Å²) in [6.45, 7) is 4.99. The number of likely N-dealkylation sites (N-methyl/N-ethyl adjacent to an activating group) is 1. The quantitative estimate of drug-likeness (QED) is 0.0395. The number of hydrogen-bond donors (Lipinski definition) is 0. The molecule has 0 saturated heterocycles. The zero-order valence-corrected chi connectivity index (χ0v) is 27.3. The van der Waals surface area contributed by atoms with Gasteiger partial charge >= 0.3 is 0 Å². The lowest BCUT2D eigenvalue weighted by Gasteiger charge is -2.22. The van der Waals surface area contributed by atoms with Gasteiger partial charge in [0.1, 0.15) is 24.7 Å². The average Bonchev–Trinajstić information content (AvgIpc) is 3.52. The van der Waals surface area contributed by atoms with E-state index in [4.69, 9.17) is 0 Å². The maximum atomic E-state index is 9.22. The largest absolute Gasteiger partial charge is 0.726 e. The van der Waals surface area contributed by atoms with Crippen molar-refractivity contribution in [3.63, 3.8) is 0 Å². The maximum absolute atomic E-state index is 9.22. The van der Waals surface area contributed by atoms with Gasteiger partial charge in [0.25, 0.3) is 0 Å². The topological polar surface area (TPSA) is 128 Å². The molecular formula is C35H37N7O4S. The van der Waals surface area contributed by atoms with Crippen LogP contribution in [0.2, 0.25) is 0 Å². The Hall–Kier alpha value is -5.30. The number of aryl methyl sites for hydroxylation is 1. The summed E-state index contributed by atoms with van der Waals surface area (Å²) >= 11 is 0. The van der Waals surface area contributed by atoms with Crippen LogP contribution < -0.4 is 9.47 Å². The van der Waals surface area contributed by atoms with Gasteiger partial charge in [0.05, 0.1) is 38.3 Å². The fraction of sp³-hybridized carbons (Fsp3) is 0.171. The molecule has 0 fully saturated rings. The van der Waals surface area contributed by atoms with Crippen LogP contribution in [0.1, 0.15) is 23.6 Å². The summed E-state index contributed by atoms with van der Waals surface area (Å²) in [5.74, 6) is 0. The lowest BCUT2D eigenvalue weighted by atomic mass is 10.0. The summed E-state index contributed by atoms with van der Waals surface area (Å²) < 4.78 is 35.3. The van der Waals surface area contributed by atoms with Gasteiger partial charge in [-0.25, -0.2) is 17.6 Å². The van der Waals surface area contributed by atoms with Gasteiger partial charge < -0.3 is 9.45 Å². The maximum Gasteiger partial charge on any atom is 0.243 e. The van der Waals surface area contributed by atoms with Crippen molar-refractivity contribution in [2.75, 3.05) is 25.1 Å². The van der Waals surface area contributed by atoms with Crippen molar-refractivity contribution in [1.29, 1.82) is 0 Å². The predicted octanol–water partition coefficient (Wildman–Crippen LogP) is 6.22. The van der Waals surface area contributed by atoms with E-state index < -0.39 is 10.4 Å². The normalized spacial score (nSPS) is 11.3. The molecule has 0 aliphatic rings. The van der Waals surface area contributed by atoms with E-state index >= 15 is 0 Å². The average molecular weight is 652 g/mol. The molecule has 0 saturated carbocycles. The molecule has 4 aromatic carbocycles. The van der Waals surface area contributed by atoms with Crippen LogP contribution >= 0.6 is 0 Å². The number of imidazole rings is 1. The Bertz CT molecular complexity index is 1830.